The molecule has 0 saturated heterocycles. The van der Waals surface area contributed by atoms with Crippen molar-refractivity contribution in [1.82, 2.24) is 15.2 Å². The number of rotatable bonds is 4. The van der Waals surface area contributed by atoms with Gasteiger partial charge in [-0.05, 0) is 48.1 Å². The Hall–Kier alpha value is -2.17. The van der Waals surface area contributed by atoms with Crippen molar-refractivity contribution in [2.75, 3.05) is 6.54 Å². The minimum Gasteiger partial charge on any atom is -0.374 e. The van der Waals surface area contributed by atoms with Crippen LogP contribution >= 0.6 is 35.4 Å². The normalized spacial score (nSPS) is 21.8. The Morgan fingerprint density at radius 2 is 1.85 bits per heavy atom. The molecule has 1 aromatic carbocycles. The second kappa shape index (κ2) is 8.49. The zero-order valence-corrected chi connectivity index (χ0v) is 19.9. The highest BCUT2D eigenvalue weighted by Gasteiger charge is 2.63. The van der Waals surface area contributed by atoms with Gasteiger partial charge in [-0.2, -0.15) is 13.2 Å². The summed E-state index contributed by atoms with van der Waals surface area (Å²) in [7, 11) is 0. The third kappa shape index (κ3) is 4.20. The Balaban J connectivity index is 1.35. The van der Waals surface area contributed by atoms with Crippen molar-refractivity contribution in [2.45, 2.75) is 44.1 Å². The van der Waals surface area contributed by atoms with E-state index in [-0.39, 0.29) is 5.84 Å². The van der Waals surface area contributed by atoms with E-state index in [2.05, 4.69) is 15.5 Å². The van der Waals surface area contributed by atoms with E-state index < -0.39 is 39.6 Å². The van der Waals surface area contributed by atoms with Crippen molar-refractivity contribution in [3.8, 4) is 0 Å². The first-order chi connectivity index (χ1) is 16.1. The lowest BCUT2D eigenvalue weighted by Gasteiger charge is -2.30. The number of hydrogen-bond donors (Lipinski definition) is 1. The third-order valence-electron chi connectivity index (χ3n) is 6.27. The number of aromatic nitrogens is 1. The van der Waals surface area contributed by atoms with Crippen molar-refractivity contribution in [3.63, 3.8) is 0 Å². The van der Waals surface area contributed by atoms with Crippen molar-refractivity contribution in [1.29, 1.82) is 0 Å². The van der Waals surface area contributed by atoms with E-state index in [4.69, 9.17) is 40.3 Å². The molecule has 12 heteroatoms. The van der Waals surface area contributed by atoms with E-state index in [0.29, 0.717) is 29.7 Å². The highest BCUT2D eigenvalue weighted by molar-refractivity contribution is 7.80. The molecule has 180 valence electrons. The number of benzene rings is 1. The number of amidine groups is 1. The summed E-state index contributed by atoms with van der Waals surface area (Å²) < 4.78 is 56.5. The van der Waals surface area contributed by atoms with Crippen molar-refractivity contribution >= 4 is 46.2 Å². The summed E-state index contributed by atoms with van der Waals surface area (Å²) in [4.78, 5) is 11.7. The van der Waals surface area contributed by atoms with Crippen LogP contribution in [-0.2, 0) is 23.5 Å². The quantitative estimate of drug-likeness (QED) is 0.310. The number of pyridine rings is 1. The number of thiocarbonyl (C=S) groups is 1. The Labute approximate surface area is 208 Å². The zero-order valence-electron chi connectivity index (χ0n) is 17.6. The SMILES string of the molecule is Fc1c(Cl)cc(C2(C(F)(F)F)CC(N3Cc4cnc(C(=S)NCC5CC5)cc4C3)=NO2)cc1Cl. The van der Waals surface area contributed by atoms with E-state index >= 15 is 0 Å². The fourth-order valence-corrected chi connectivity index (χ4v) is 4.77. The number of alkyl halides is 3. The lowest BCUT2D eigenvalue weighted by atomic mass is 9.89. The van der Waals surface area contributed by atoms with E-state index in [0.717, 1.165) is 29.8 Å². The first-order valence-corrected chi connectivity index (χ1v) is 11.7. The molecule has 1 aliphatic carbocycles. The van der Waals surface area contributed by atoms with E-state index in [1.165, 1.54) is 12.8 Å². The van der Waals surface area contributed by atoms with Crippen LogP contribution in [0, 0.1) is 11.7 Å². The minimum absolute atomic E-state index is 0.112. The molecule has 0 radical (unpaired) electrons. The Morgan fingerprint density at radius 1 is 1.18 bits per heavy atom. The number of fused-ring (bicyclic) bond motifs is 1. The van der Waals surface area contributed by atoms with Gasteiger partial charge >= 0.3 is 6.18 Å². The van der Waals surface area contributed by atoms with Crippen LogP contribution in [0.2, 0.25) is 10.0 Å². The van der Waals surface area contributed by atoms with Gasteiger partial charge in [0.1, 0.15) is 10.8 Å². The van der Waals surface area contributed by atoms with Crippen LogP contribution in [0.25, 0.3) is 0 Å². The Kier molecular flexibility index (Phi) is 5.89. The highest BCUT2D eigenvalue weighted by atomic mass is 35.5. The van der Waals surface area contributed by atoms with Gasteiger partial charge in [-0.3, -0.25) is 4.98 Å². The Bertz CT molecular complexity index is 1180. The summed E-state index contributed by atoms with van der Waals surface area (Å²) in [6, 6.07) is 3.60. The monoisotopic (exact) mass is 532 g/mol. The largest absolute Gasteiger partial charge is 0.435 e. The highest BCUT2D eigenvalue weighted by Crippen LogP contribution is 2.50. The molecule has 5 rings (SSSR count). The van der Waals surface area contributed by atoms with Crippen LogP contribution in [0.1, 0.15) is 41.6 Å². The van der Waals surface area contributed by atoms with Crippen LogP contribution in [-0.4, -0.2) is 33.4 Å². The standard InChI is InChI=1S/C22H18Cl2F4N4OS/c23-15-4-14(5-16(24)19(15)25)21(22(26,27)28)6-18(31-33-21)32-9-12-3-17(29-8-13(12)10-32)20(34)30-7-11-1-2-11/h3-5,8,11H,1-2,6-7,9-10H2,(H,30,34). The molecular formula is C22H18Cl2F4N4OS. The molecule has 5 nitrogen and oxygen atoms in total. The molecule has 2 aliphatic heterocycles. The molecular weight excluding hydrogens is 515 g/mol. The van der Waals surface area contributed by atoms with Crippen LogP contribution in [0.5, 0.6) is 0 Å². The van der Waals surface area contributed by atoms with Crippen molar-refractivity contribution in [3.05, 3.63) is 62.6 Å². The summed E-state index contributed by atoms with van der Waals surface area (Å²) in [6.07, 6.45) is -1.39. The summed E-state index contributed by atoms with van der Waals surface area (Å²) >= 11 is 17.0. The summed E-state index contributed by atoms with van der Waals surface area (Å²) in [5.41, 5.74) is -0.839. The van der Waals surface area contributed by atoms with Crippen molar-refractivity contribution < 1.29 is 22.4 Å². The molecule has 1 aromatic heterocycles. The van der Waals surface area contributed by atoms with Gasteiger partial charge in [-0.1, -0.05) is 40.6 Å². The fraction of sp³-hybridized carbons (Fsp3) is 0.409. The zero-order chi connectivity index (χ0) is 24.3. The number of hydrogen-bond acceptors (Lipinski definition) is 5. The molecule has 0 amide bonds. The topological polar surface area (TPSA) is 49.8 Å². The second-order valence-electron chi connectivity index (χ2n) is 8.70. The van der Waals surface area contributed by atoms with Gasteiger partial charge in [-0.25, -0.2) is 4.39 Å². The van der Waals surface area contributed by atoms with Gasteiger partial charge < -0.3 is 15.1 Å². The third-order valence-corrected chi connectivity index (χ3v) is 7.18. The lowest BCUT2D eigenvalue weighted by molar-refractivity contribution is -0.275. The van der Waals surface area contributed by atoms with Crippen LogP contribution in [0.3, 0.4) is 0 Å². The number of nitrogens with one attached hydrogen (secondary N) is 1. The molecule has 3 aliphatic rings. The predicted molar refractivity (Wildman–Crippen MR) is 123 cm³/mol. The molecule has 1 atom stereocenters. The van der Waals surface area contributed by atoms with E-state index in [1.54, 1.807) is 11.1 Å². The molecule has 34 heavy (non-hydrogen) atoms. The Morgan fingerprint density at radius 3 is 2.50 bits per heavy atom. The van der Waals surface area contributed by atoms with Gasteiger partial charge in [0.15, 0.2) is 5.82 Å². The molecule has 0 bridgehead atoms. The summed E-state index contributed by atoms with van der Waals surface area (Å²) in [5, 5.41) is 5.94. The van der Waals surface area contributed by atoms with Gasteiger partial charge in [0.2, 0.25) is 0 Å². The minimum atomic E-state index is -4.86. The number of halogens is 6. The fourth-order valence-electron chi connectivity index (χ4n) is 4.08. The smallest absolute Gasteiger partial charge is 0.374 e. The number of oxime groups is 1. The predicted octanol–water partition coefficient (Wildman–Crippen LogP) is 5.71. The maximum Gasteiger partial charge on any atom is 0.435 e. The van der Waals surface area contributed by atoms with Gasteiger partial charge in [0.05, 0.1) is 22.2 Å². The van der Waals surface area contributed by atoms with E-state index in [1.807, 2.05) is 6.07 Å². The average Bonchev–Trinajstić information content (AvgIpc) is 3.32. The average molecular weight is 533 g/mol. The molecule has 1 N–H and O–H groups in total. The molecule has 3 heterocycles. The number of nitrogens with zero attached hydrogens (tertiary/aromatic N) is 3. The van der Waals surface area contributed by atoms with Crippen LogP contribution in [0.4, 0.5) is 17.6 Å². The molecule has 1 saturated carbocycles. The van der Waals surface area contributed by atoms with Crippen LogP contribution < -0.4 is 5.32 Å². The molecule has 2 aromatic rings. The first-order valence-electron chi connectivity index (χ1n) is 10.5. The van der Waals surface area contributed by atoms with Crippen molar-refractivity contribution in [2.24, 2.45) is 11.1 Å². The maximum absolute atomic E-state index is 14.2. The molecule has 1 unspecified atom stereocenters. The van der Waals surface area contributed by atoms with Crippen LogP contribution in [0.15, 0.2) is 29.6 Å². The van der Waals surface area contributed by atoms with Gasteiger partial charge in [0.25, 0.3) is 5.60 Å². The lowest BCUT2D eigenvalue weighted by Crippen LogP contribution is -2.44. The van der Waals surface area contributed by atoms with Gasteiger partial charge in [-0.15, -0.1) is 0 Å². The summed E-state index contributed by atoms with van der Waals surface area (Å²) in [5.74, 6) is -0.226. The first kappa shape index (κ1) is 23.6. The summed E-state index contributed by atoms with van der Waals surface area (Å²) in [6.45, 7) is 1.47. The van der Waals surface area contributed by atoms with Gasteiger partial charge in [0, 0.05) is 31.4 Å². The van der Waals surface area contributed by atoms with E-state index in [9.17, 15) is 17.6 Å². The molecule has 0 spiro atoms. The maximum atomic E-state index is 14.2. The molecule has 1 fully saturated rings. The second-order valence-corrected chi connectivity index (χ2v) is 9.92.